The molecule has 2 heteroatoms. The first kappa shape index (κ1) is 11.5. The van der Waals surface area contributed by atoms with Gasteiger partial charge in [-0.25, -0.2) is 0 Å². The fraction of sp³-hybridized carbons (Fsp3) is 0.571. The minimum absolute atomic E-state index is 0.812. The Morgan fingerprint density at radius 2 is 2.19 bits per heavy atom. The number of aryl methyl sites for hydroxylation is 1. The van der Waals surface area contributed by atoms with Crippen LogP contribution in [0, 0.1) is 12.8 Å². The zero-order chi connectivity index (χ0) is 11.4. The lowest BCUT2D eigenvalue weighted by molar-refractivity contribution is 0.294. The van der Waals surface area contributed by atoms with Crippen LogP contribution < -0.4 is 10.1 Å². The van der Waals surface area contributed by atoms with E-state index in [4.69, 9.17) is 4.74 Å². The number of para-hydroxylation sites is 1. The number of nitrogens with one attached hydrogen (secondary N) is 1. The van der Waals surface area contributed by atoms with Crippen molar-refractivity contribution in [3.05, 3.63) is 29.3 Å². The molecular weight excluding hydrogens is 198 g/mol. The van der Waals surface area contributed by atoms with Gasteiger partial charge < -0.3 is 10.1 Å². The fourth-order valence-electron chi connectivity index (χ4n) is 1.80. The van der Waals surface area contributed by atoms with Crippen LogP contribution in [0.4, 0.5) is 0 Å². The molecule has 88 valence electrons. The summed E-state index contributed by atoms with van der Waals surface area (Å²) in [5.74, 6) is 1.90. The van der Waals surface area contributed by atoms with Gasteiger partial charge in [0.05, 0.1) is 6.61 Å². The van der Waals surface area contributed by atoms with E-state index < -0.39 is 0 Å². The third-order valence-electron chi connectivity index (χ3n) is 3.02. The van der Waals surface area contributed by atoms with Gasteiger partial charge in [0.1, 0.15) is 5.75 Å². The van der Waals surface area contributed by atoms with Crippen LogP contribution in [0.3, 0.4) is 0 Å². The predicted molar refractivity (Wildman–Crippen MR) is 66.8 cm³/mol. The van der Waals surface area contributed by atoms with Gasteiger partial charge in [-0.1, -0.05) is 25.1 Å². The maximum absolute atomic E-state index is 5.95. The SMILES string of the molecule is CCNCc1cccc(C)c1OCC1CC1. The van der Waals surface area contributed by atoms with Crippen molar-refractivity contribution in [2.75, 3.05) is 13.2 Å². The highest BCUT2D eigenvalue weighted by Gasteiger charge is 2.22. The van der Waals surface area contributed by atoms with E-state index in [-0.39, 0.29) is 0 Å². The standard InChI is InChI=1S/C14H21NO/c1-3-15-9-13-6-4-5-11(2)14(13)16-10-12-7-8-12/h4-6,12,15H,3,7-10H2,1-2H3. The third kappa shape index (κ3) is 2.99. The summed E-state index contributed by atoms with van der Waals surface area (Å²) in [6.07, 6.45) is 2.68. The minimum Gasteiger partial charge on any atom is -0.493 e. The van der Waals surface area contributed by atoms with Gasteiger partial charge in [-0.3, -0.25) is 0 Å². The van der Waals surface area contributed by atoms with Gasteiger partial charge in [-0.2, -0.15) is 0 Å². The first-order valence-corrected chi connectivity index (χ1v) is 6.23. The van der Waals surface area contributed by atoms with Crippen molar-refractivity contribution < 1.29 is 4.74 Å². The van der Waals surface area contributed by atoms with Crippen molar-refractivity contribution in [2.24, 2.45) is 5.92 Å². The Balaban J connectivity index is 2.04. The molecule has 2 nitrogen and oxygen atoms in total. The summed E-state index contributed by atoms with van der Waals surface area (Å²) >= 11 is 0. The second-order valence-corrected chi connectivity index (χ2v) is 4.60. The van der Waals surface area contributed by atoms with Crippen molar-refractivity contribution in [1.29, 1.82) is 0 Å². The van der Waals surface area contributed by atoms with Crippen LogP contribution in [-0.2, 0) is 6.54 Å². The Labute approximate surface area is 98.0 Å². The van der Waals surface area contributed by atoms with E-state index >= 15 is 0 Å². The summed E-state index contributed by atoms with van der Waals surface area (Å²) in [6, 6.07) is 6.38. The fourth-order valence-corrected chi connectivity index (χ4v) is 1.80. The lowest BCUT2D eigenvalue weighted by atomic mass is 10.1. The average molecular weight is 219 g/mol. The van der Waals surface area contributed by atoms with Crippen LogP contribution in [0.25, 0.3) is 0 Å². The molecular formula is C14H21NO. The molecule has 0 heterocycles. The Hall–Kier alpha value is -1.02. The van der Waals surface area contributed by atoms with Crippen LogP contribution in [0.5, 0.6) is 5.75 Å². The first-order valence-electron chi connectivity index (χ1n) is 6.23. The van der Waals surface area contributed by atoms with Crippen LogP contribution >= 0.6 is 0 Å². The van der Waals surface area contributed by atoms with Crippen molar-refractivity contribution in [3.63, 3.8) is 0 Å². The minimum atomic E-state index is 0.812. The average Bonchev–Trinajstić information content (AvgIpc) is 3.09. The topological polar surface area (TPSA) is 21.3 Å². The van der Waals surface area contributed by atoms with Crippen LogP contribution in [0.1, 0.15) is 30.9 Å². The largest absolute Gasteiger partial charge is 0.493 e. The van der Waals surface area contributed by atoms with E-state index in [1.54, 1.807) is 0 Å². The molecule has 0 bridgehead atoms. The molecule has 0 amide bonds. The molecule has 0 saturated heterocycles. The summed E-state index contributed by atoms with van der Waals surface area (Å²) in [4.78, 5) is 0. The van der Waals surface area contributed by atoms with Crippen LogP contribution in [-0.4, -0.2) is 13.2 Å². The molecule has 1 aliphatic carbocycles. The lowest BCUT2D eigenvalue weighted by Crippen LogP contribution is -2.13. The van der Waals surface area contributed by atoms with Crippen molar-refractivity contribution >= 4 is 0 Å². The molecule has 1 aromatic carbocycles. The van der Waals surface area contributed by atoms with Gasteiger partial charge in [-0.05, 0) is 37.8 Å². The molecule has 1 N–H and O–H groups in total. The number of hydrogen-bond donors (Lipinski definition) is 1. The molecule has 1 saturated carbocycles. The van der Waals surface area contributed by atoms with Gasteiger partial charge in [0, 0.05) is 12.1 Å². The summed E-state index contributed by atoms with van der Waals surface area (Å²) in [5.41, 5.74) is 2.53. The van der Waals surface area contributed by atoms with Crippen LogP contribution in [0.2, 0.25) is 0 Å². The van der Waals surface area contributed by atoms with Crippen LogP contribution in [0.15, 0.2) is 18.2 Å². The molecule has 0 radical (unpaired) electrons. The molecule has 1 aromatic rings. The van der Waals surface area contributed by atoms with E-state index in [1.807, 2.05) is 0 Å². The molecule has 0 unspecified atom stereocenters. The van der Waals surface area contributed by atoms with E-state index in [2.05, 4.69) is 37.4 Å². The van der Waals surface area contributed by atoms with Gasteiger partial charge in [0.2, 0.25) is 0 Å². The van der Waals surface area contributed by atoms with Gasteiger partial charge >= 0.3 is 0 Å². The second kappa shape index (κ2) is 5.35. The summed E-state index contributed by atoms with van der Waals surface area (Å²) < 4.78 is 5.95. The Kier molecular flexibility index (Phi) is 3.83. The normalized spacial score (nSPS) is 15.1. The van der Waals surface area contributed by atoms with Crippen molar-refractivity contribution in [2.45, 2.75) is 33.2 Å². The Bertz CT molecular complexity index is 345. The zero-order valence-electron chi connectivity index (χ0n) is 10.3. The first-order chi connectivity index (χ1) is 7.81. The monoisotopic (exact) mass is 219 g/mol. The zero-order valence-corrected chi connectivity index (χ0v) is 10.3. The lowest BCUT2D eigenvalue weighted by Gasteiger charge is -2.14. The second-order valence-electron chi connectivity index (χ2n) is 4.60. The molecule has 1 aliphatic rings. The van der Waals surface area contributed by atoms with E-state index in [0.29, 0.717) is 0 Å². The number of benzene rings is 1. The molecule has 0 spiro atoms. The smallest absolute Gasteiger partial charge is 0.126 e. The highest BCUT2D eigenvalue weighted by molar-refractivity contribution is 5.40. The Morgan fingerprint density at radius 1 is 1.38 bits per heavy atom. The molecule has 0 atom stereocenters. The maximum atomic E-state index is 5.95. The van der Waals surface area contributed by atoms with Crippen molar-refractivity contribution in [1.82, 2.24) is 5.32 Å². The maximum Gasteiger partial charge on any atom is 0.126 e. The molecule has 2 rings (SSSR count). The number of hydrogen-bond acceptors (Lipinski definition) is 2. The molecule has 1 fully saturated rings. The van der Waals surface area contributed by atoms with Gasteiger partial charge in [0.25, 0.3) is 0 Å². The Morgan fingerprint density at radius 3 is 2.88 bits per heavy atom. The summed E-state index contributed by atoms with van der Waals surface area (Å²) in [7, 11) is 0. The molecule has 0 aromatic heterocycles. The highest BCUT2D eigenvalue weighted by Crippen LogP contribution is 2.31. The third-order valence-corrected chi connectivity index (χ3v) is 3.02. The van der Waals surface area contributed by atoms with Gasteiger partial charge in [-0.15, -0.1) is 0 Å². The summed E-state index contributed by atoms with van der Waals surface area (Å²) in [5, 5.41) is 3.36. The van der Waals surface area contributed by atoms with E-state index in [1.165, 1.54) is 24.0 Å². The molecule has 0 aliphatic heterocycles. The quantitative estimate of drug-likeness (QED) is 0.794. The summed E-state index contributed by atoms with van der Waals surface area (Å²) in [6.45, 7) is 7.04. The van der Waals surface area contributed by atoms with E-state index in [9.17, 15) is 0 Å². The van der Waals surface area contributed by atoms with E-state index in [0.717, 1.165) is 31.4 Å². The number of ether oxygens (including phenoxy) is 1. The highest BCUT2D eigenvalue weighted by atomic mass is 16.5. The number of rotatable bonds is 6. The van der Waals surface area contributed by atoms with Crippen molar-refractivity contribution in [3.8, 4) is 5.75 Å². The molecule has 16 heavy (non-hydrogen) atoms. The van der Waals surface area contributed by atoms with Gasteiger partial charge in [0.15, 0.2) is 0 Å². The predicted octanol–water partition coefficient (Wildman–Crippen LogP) is 2.89.